The van der Waals surface area contributed by atoms with Crippen molar-refractivity contribution in [3.05, 3.63) is 113 Å². The van der Waals surface area contributed by atoms with Gasteiger partial charge in [-0.15, -0.1) is 0 Å². The van der Waals surface area contributed by atoms with Gasteiger partial charge in [-0.3, -0.25) is 0 Å². The van der Waals surface area contributed by atoms with Crippen LogP contribution in [-0.2, 0) is 12.8 Å². The largest absolute Gasteiger partial charge is 0.316 e. The molecule has 0 fully saturated rings. The average molecular weight is 393 g/mol. The highest BCUT2D eigenvalue weighted by molar-refractivity contribution is 6.15. The summed E-state index contributed by atoms with van der Waals surface area (Å²) in [7, 11) is 0. The van der Waals surface area contributed by atoms with Crippen LogP contribution in [0.4, 0.5) is 0 Å². The lowest BCUT2D eigenvalue weighted by atomic mass is 9.92. The molecule has 0 atom stereocenters. The van der Waals surface area contributed by atoms with E-state index in [2.05, 4.69) is 95.5 Å². The fraction of sp³-hybridized carbons (Fsp3) is 0.0667. The first-order valence-corrected chi connectivity index (χ1v) is 11.0. The van der Waals surface area contributed by atoms with Gasteiger partial charge in [0.15, 0.2) is 0 Å². The van der Waals surface area contributed by atoms with E-state index < -0.39 is 0 Å². The predicted octanol–water partition coefficient (Wildman–Crippen LogP) is 7.39. The number of aromatic nitrogens is 1. The molecule has 1 nitrogen and oxygen atoms in total. The summed E-state index contributed by atoms with van der Waals surface area (Å²) in [5, 5.41) is 4.04. The van der Waals surface area contributed by atoms with Crippen LogP contribution in [0, 0.1) is 0 Å². The van der Waals surface area contributed by atoms with Crippen molar-refractivity contribution in [2.24, 2.45) is 0 Å². The Kier molecular flexibility index (Phi) is 2.80. The monoisotopic (exact) mass is 393 g/mol. The van der Waals surface area contributed by atoms with E-state index in [0.717, 1.165) is 12.8 Å². The molecule has 2 aromatic heterocycles. The average Bonchev–Trinajstić information content (AvgIpc) is 3.52. The van der Waals surface area contributed by atoms with Crippen LogP contribution in [-0.4, -0.2) is 4.40 Å². The Morgan fingerprint density at radius 3 is 2.13 bits per heavy atom. The summed E-state index contributed by atoms with van der Waals surface area (Å²) in [6.45, 7) is 0. The number of hydrogen-bond donors (Lipinski definition) is 0. The summed E-state index contributed by atoms with van der Waals surface area (Å²) in [6, 6.07) is 31.8. The zero-order valence-electron chi connectivity index (χ0n) is 17.0. The van der Waals surface area contributed by atoms with E-state index in [-0.39, 0.29) is 0 Å². The SMILES string of the molecule is c1ccc2c(c1)Cc1ccc3c(c1-2)-c1cc2c4ccccc4n4cccc4c2cc1C3. The topological polar surface area (TPSA) is 4.41 Å². The Labute approximate surface area is 180 Å². The fourth-order valence-electron chi connectivity index (χ4n) is 6.11. The maximum atomic E-state index is 2.48. The van der Waals surface area contributed by atoms with Crippen LogP contribution in [0.2, 0.25) is 0 Å². The first-order valence-electron chi connectivity index (χ1n) is 11.0. The summed E-state index contributed by atoms with van der Waals surface area (Å²) in [4.78, 5) is 0. The number of hydrogen-bond acceptors (Lipinski definition) is 0. The van der Waals surface area contributed by atoms with Gasteiger partial charge in [0.2, 0.25) is 0 Å². The van der Waals surface area contributed by atoms with Crippen molar-refractivity contribution < 1.29 is 0 Å². The summed E-state index contributed by atoms with van der Waals surface area (Å²) < 4.78 is 2.33. The highest BCUT2D eigenvalue weighted by atomic mass is 14.9. The van der Waals surface area contributed by atoms with Gasteiger partial charge in [-0.1, -0.05) is 54.6 Å². The minimum Gasteiger partial charge on any atom is -0.316 e. The van der Waals surface area contributed by atoms with Crippen LogP contribution < -0.4 is 0 Å². The minimum absolute atomic E-state index is 1.02. The Hall–Kier alpha value is -3.84. The standard InChI is InChI=1S/C30H19N/c1-2-7-22-18(6-1)14-19-11-12-20-15-21-16-26-25(17-24(21)30(20)29(19)22)23-8-3-4-9-27(23)31-13-5-10-28(26)31/h1-13,16-17H,14-15H2. The number of nitrogens with zero attached hydrogens (tertiary/aromatic N) is 1. The third-order valence-electron chi connectivity index (χ3n) is 7.42. The molecule has 6 aromatic rings. The molecule has 4 aromatic carbocycles. The molecule has 0 amide bonds. The molecule has 0 spiro atoms. The van der Waals surface area contributed by atoms with Gasteiger partial charge in [0.05, 0.1) is 11.0 Å². The second kappa shape index (κ2) is 5.44. The molecular weight excluding hydrogens is 374 g/mol. The number of rotatable bonds is 0. The molecule has 0 bridgehead atoms. The van der Waals surface area contributed by atoms with E-state index in [1.807, 2.05) is 0 Å². The molecule has 1 heteroatoms. The zero-order chi connectivity index (χ0) is 20.1. The molecule has 8 rings (SSSR count). The Morgan fingerprint density at radius 2 is 1.19 bits per heavy atom. The molecule has 0 N–H and O–H groups in total. The van der Waals surface area contributed by atoms with Crippen LogP contribution in [0.3, 0.4) is 0 Å². The van der Waals surface area contributed by atoms with Crippen LogP contribution in [0.15, 0.2) is 91.1 Å². The predicted molar refractivity (Wildman–Crippen MR) is 129 cm³/mol. The van der Waals surface area contributed by atoms with Crippen molar-refractivity contribution >= 4 is 27.2 Å². The molecular formula is C30H19N. The van der Waals surface area contributed by atoms with Gasteiger partial charge in [-0.05, 0) is 93.1 Å². The van der Waals surface area contributed by atoms with Crippen molar-refractivity contribution in [3.63, 3.8) is 0 Å². The van der Waals surface area contributed by atoms with Gasteiger partial charge in [-0.2, -0.15) is 0 Å². The quantitative estimate of drug-likeness (QED) is 0.237. The first-order chi connectivity index (χ1) is 15.4. The number of fused-ring (bicyclic) bond motifs is 13. The van der Waals surface area contributed by atoms with Crippen molar-refractivity contribution in [3.8, 4) is 22.3 Å². The summed E-state index contributed by atoms with van der Waals surface area (Å²) >= 11 is 0. The normalized spacial score (nSPS) is 13.5. The molecule has 2 aliphatic rings. The number of pyridine rings is 1. The molecule has 2 heterocycles. The summed E-state index contributed by atoms with van der Waals surface area (Å²) in [5.41, 5.74) is 14.2. The maximum absolute atomic E-state index is 2.48. The van der Waals surface area contributed by atoms with Crippen molar-refractivity contribution in [2.75, 3.05) is 0 Å². The van der Waals surface area contributed by atoms with E-state index in [0.29, 0.717) is 0 Å². The molecule has 0 unspecified atom stereocenters. The minimum atomic E-state index is 1.02. The smallest absolute Gasteiger partial charge is 0.0535 e. The van der Waals surface area contributed by atoms with E-state index in [9.17, 15) is 0 Å². The second-order valence-corrected chi connectivity index (χ2v) is 8.98. The molecule has 0 aliphatic heterocycles. The second-order valence-electron chi connectivity index (χ2n) is 8.98. The van der Waals surface area contributed by atoms with E-state index in [1.54, 1.807) is 0 Å². The van der Waals surface area contributed by atoms with Crippen molar-refractivity contribution in [1.29, 1.82) is 0 Å². The first kappa shape index (κ1) is 15.9. The van der Waals surface area contributed by atoms with E-state index >= 15 is 0 Å². The lowest BCUT2D eigenvalue weighted by Crippen LogP contribution is -1.91. The van der Waals surface area contributed by atoms with E-state index in [1.165, 1.54) is 71.7 Å². The van der Waals surface area contributed by atoms with Gasteiger partial charge >= 0.3 is 0 Å². The highest BCUT2D eigenvalue weighted by Gasteiger charge is 2.29. The molecule has 144 valence electrons. The van der Waals surface area contributed by atoms with Crippen molar-refractivity contribution in [2.45, 2.75) is 12.8 Å². The van der Waals surface area contributed by atoms with Gasteiger partial charge in [0.1, 0.15) is 0 Å². The Bertz CT molecular complexity index is 1730. The Morgan fingerprint density at radius 1 is 0.484 bits per heavy atom. The zero-order valence-corrected chi connectivity index (χ0v) is 17.0. The van der Waals surface area contributed by atoms with Crippen molar-refractivity contribution in [1.82, 2.24) is 4.40 Å². The fourth-order valence-corrected chi connectivity index (χ4v) is 6.11. The van der Waals surface area contributed by atoms with Crippen LogP contribution >= 0.6 is 0 Å². The van der Waals surface area contributed by atoms with E-state index in [4.69, 9.17) is 0 Å². The van der Waals surface area contributed by atoms with Crippen LogP contribution in [0.5, 0.6) is 0 Å². The maximum Gasteiger partial charge on any atom is 0.0535 e. The third kappa shape index (κ3) is 1.92. The van der Waals surface area contributed by atoms with Gasteiger partial charge in [0.25, 0.3) is 0 Å². The number of benzene rings is 4. The summed E-state index contributed by atoms with van der Waals surface area (Å²) in [6.07, 6.45) is 4.26. The van der Waals surface area contributed by atoms with Gasteiger partial charge in [0, 0.05) is 17.0 Å². The molecule has 0 radical (unpaired) electrons. The lowest BCUT2D eigenvalue weighted by Gasteiger charge is -2.13. The number of para-hydroxylation sites is 1. The van der Waals surface area contributed by atoms with Gasteiger partial charge in [-0.25, -0.2) is 0 Å². The molecule has 0 saturated carbocycles. The molecule has 31 heavy (non-hydrogen) atoms. The Balaban J connectivity index is 1.52. The van der Waals surface area contributed by atoms with Crippen LogP contribution in [0.25, 0.3) is 49.4 Å². The van der Waals surface area contributed by atoms with Crippen LogP contribution in [0.1, 0.15) is 22.3 Å². The molecule has 2 aliphatic carbocycles. The van der Waals surface area contributed by atoms with Gasteiger partial charge < -0.3 is 4.40 Å². The third-order valence-corrected chi connectivity index (χ3v) is 7.42. The highest BCUT2D eigenvalue weighted by Crippen LogP contribution is 2.50. The summed E-state index contributed by atoms with van der Waals surface area (Å²) in [5.74, 6) is 0. The lowest BCUT2D eigenvalue weighted by molar-refractivity contribution is 1.23. The molecule has 0 saturated heterocycles.